The normalized spacial score (nSPS) is 9.27. The van der Waals surface area contributed by atoms with Crippen LogP contribution in [0.4, 0.5) is 0 Å². The van der Waals surface area contributed by atoms with E-state index in [1.807, 2.05) is 6.92 Å². The average Bonchev–Trinajstić information content (AvgIpc) is 2.40. The minimum Gasteiger partial charge on any atom is -0.481 e. The van der Waals surface area contributed by atoms with Crippen LogP contribution in [0.3, 0.4) is 0 Å². The molecule has 0 unspecified atom stereocenters. The molecular weight excluding hydrogens is 196 g/mol. The molecule has 1 aromatic rings. The number of aromatic amines is 1. The molecule has 86 valence electrons. The second-order valence-corrected chi connectivity index (χ2v) is 3.30. The highest BCUT2D eigenvalue weighted by atomic mass is 16.4. The molecule has 0 aliphatic rings. The van der Waals surface area contributed by atoms with Crippen LogP contribution in [0.25, 0.3) is 0 Å². The first kappa shape index (κ1) is 13.5. The van der Waals surface area contributed by atoms with Gasteiger partial charge in [0.05, 0.1) is 0 Å². The van der Waals surface area contributed by atoms with E-state index in [-0.39, 0.29) is 5.56 Å². The van der Waals surface area contributed by atoms with Crippen LogP contribution in [0.1, 0.15) is 32.4 Å². The number of carboxylic acid groups (broad SMARTS) is 1. The monoisotopic (exact) mass is 214 g/mol. The van der Waals surface area contributed by atoms with Crippen molar-refractivity contribution in [1.29, 1.82) is 0 Å². The van der Waals surface area contributed by atoms with Crippen LogP contribution >= 0.6 is 0 Å². The van der Waals surface area contributed by atoms with E-state index in [0.29, 0.717) is 0 Å². The molecule has 0 radical (unpaired) electrons. The summed E-state index contributed by atoms with van der Waals surface area (Å²) < 4.78 is 1.65. The van der Waals surface area contributed by atoms with Crippen molar-refractivity contribution in [2.24, 2.45) is 0 Å². The number of aromatic nitrogens is 2. The predicted octanol–water partition coefficient (Wildman–Crippen LogP) is 1.38. The highest BCUT2D eigenvalue weighted by Gasteiger charge is 1.96. The lowest BCUT2D eigenvalue weighted by Gasteiger charge is -1.97. The van der Waals surface area contributed by atoms with Crippen LogP contribution in [-0.4, -0.2) is 20.9 Å². The molecule has 0 bridgehead atoms. The van der Waals surface area contributed by atoms with E-state index in [4.69, 9.17) is 9.90 Å². The van der Waals surface area contributed by atoms with Gasteiger partial charge in [0, 0.05) is 25.2 Å². The second kappa shape index (κ2) is 6.86. The number of hydrogen-bond acceptors (Lipinski definition) is 2. The van der Waals surface area contributed by atoms with Gasteiger partial charge in [0.1, 0.15) is 0 Å². The summed E-state index contributed by atoms with van der Waals surface area (Å²) in [6.45, 7) is 5.90. The van der Waals surface area contributed by atoms with Crippen molar-refractivity contribution in [2.45, 2.75) is 40.2 Å². The third-order valence-corrected chi connectivity index (χ3v) is 1.65. The number of rotatable bonds is 3. The summed E-state index contributed by atoms with van der Waals surface area (Å²) in [6.07, 6.45) is 2.17. The fourth-order valence-corrected chi connectivity index (χ4v) is 1.05. The molecule has 5 nitrogen and oxygen atoms in total. The molecule has 5 heteroatoms. The zero-order valence-electron chi connectivity index (χ0n) is 9.41. The number of H-pyrrole nitrogens is 1. The van der Waals surface area contributed by atoms with Gasteiger partial charge < -0.3 is 10.2 Å². The number of unbranched alkanes of at least 4 members (excludes halogenated alkanes) is 1. The molecule has 15 heavy (non-hydrogen) atoms. The third kappa shape index (κ3) is 6.54. The number of aliphatic carboxylic acids is 1. The standard InChI is InChI=1S/C8H14N2O.C2H4O2/c1-3-4-5-10-8(11)6-7(2)9-10;1-2(3)4/h6,9H,3-5H2,1-2H3;1H3,(H,3,4). The first-order valence-corrected chi connectivity index (χ1v) is 4.93. The second-order valence-electron chi connectivity index (χ2n) is 3.30. The van der Waals surface area contributed by atoms with Gasteiger partial charge in [-0.15, -0.1) is 0 Å². The summed E-state index contributed by atoms with van der Waals surface area (Å²) in [5.74, 6) is -0.833. The van der Waals surface area contributed by atoms with Gasteiger partial charge in [-0.1, -0.05) is 13.3 Å². The van der Waals surface area contributed by atoms with Crippen molar-refractivity contribution in [3.05, 3.63) is 22.1 Å². The van der Waals surface area contributed by atoms with Crippen molar-refractivity contribution >= 4 is 5.97 Å². The van der Waals surface area contributed by atoms with E-state index < -0.39 is 5.97 Å². The first-order chi connectivity index (χ1) is 6.97. The minimum atomic E-state index is -0.833. The minimum absolute atomic E-state index is 0.0796. The maximum absolute atomic E-state index is 11.1. The van der Waals surface area contributed by atoms with Crippen LogP contribution in [0.15, 0.2) is 10.9 Å². The Kier molecular flexibility index (Phi) is 6.17. The molecule has 0 aliphatic carbocycles. The van der Waals surface area contributed by atoms with E-state index >= 15 is 0 Å². The number of nitrogens with zero attached hydrogens (tertiary/aromatic N) is 1. The lowest BCUT2D eigenvalue weighted by Crippen LogP contribution is -2.15. The zero-order valence-corrected chi connectivity index (χ0v) is 9.41. The van der Waals surface area contributed by atoms with Crippen LogP contribution in [0.5, 0.6) is 0 Å². The smallest absolute Gasteiger partial charge is 0.300 e. The van der Waals surface area contributed by atoms with Gasteiger partial charge in [0.2, 0.25) is 0 Å². The van der Waals surface area contributed by atoms with Gasteiger partial charge >= 0.3 is 0 Å². The molecule has 2 N–H and O–H groups in total. The summed E-state index contributed by atoms with van der Waals surface area (Å²) in [6, 6.07) is 1.62. The third-order valence-electron chi connectivity index (χ3n) is 1.65. The zero-order chi connectivity index (χ0) is 11.8. The Balaban J connectivity index is 0.000000423. The number of carbonyl (C=O) groups is 1. The van der Waals surface area contributed by atoms with Gasteiger partial charge in [-0.25, -0.2) is 0 Å². The topological polar surface area (TPSA) is 75.1 Å². The molecule has 0 fully saturated rings. The van der Waals surface area contributed by atoms with E-state index in [1.54, 1.807) is 10.7 Å². The Labute approximate surface area is 88.7 Å². The van der Waals surface area contributed by atoms with Gasteiger partial charge in [0.15, 0.2) is 0 Å². The number of nitrogens with one attached hydrogen (secondary N) is 1. The van der Waals surface area contributed by atoms with Crippen molar-refractivity contribution in [3.8, 4) is 0 Å². The Morgan fingerprint density at radius 1 is 1.60 bits per heavy atom. The van der Waals surface area contributed by atoms with Crippen molar-refractivity contribution in [2.75, 3.05) is 0 Å². The Bertz CT molecular complexity index is 348. The lowest BCUT2D eigenvalue weighted by atomic mass is 10.3. The van der Waals surface area contributed by atoms with E-state index in [9.17, 15) is 4.79 Å². The molecule has 1 aromatic heterocycles. The Morgan fingerprint density at radius 2 is 2.13 bits per heavy atom. The van der Waals surface area contributed by atoms with Crippen LogP contribution < -0.4 is 5.56 Å². The molecule has 0 atom stereocenters. The SMILES string of the molecule is CC(=O)O.CCCCn1[nH]c(C)cc1=O. The number of carboxylic acids is 1. The summed E-state index contributed by atoms with van der Waals surface area (Å²) in [5, 5.41) is 10.4. The van der Waals surface area contributed by atoms with Crippen molar-refractivity contribution in [3.63, 3.8) is 0 Å². The van der Waals surface area contributed by atoms with Gasteiger partial charge in [-0.2, -0.15) is 0 Å². The summed E-state index contributed by atoms with van der Waals surface area (Å²) in [5.41, 5.74) is 1.02. The maximum atomic E-state index is 11.1. The average molecular weight is 214 g/mol. The van der Waals surface area contributed by atoms with Crippen LogP contribution in [0.2, 0.25) is 0 Å². The van der Waals surface area contributed by atoms with E-state index in [2.05, 4.69) is 12.0 Å². The molecule has 0 saturated carbocycles. The van der Waals surface area contributed by atoms with Crippen LogP contribution in [-0.2, 0) is 11.3 Å². The summed E-state index contributed by atoms with van der Waals surface area (Å²) in [7, 11) is 0. The van der Waals surface area contributed by atoms with Crippen LogP contribution in [0, 0.1) is 6.92 Å². The lowest BCUT2D eigenvalue weighted by molar-refractivity contribution is -0.134. The largest absolute Gasteiger partial charge is 0.481 e. The number of aryl methyl sites for hydroxylation is 2. The van der Waals surface area contributed by atoms with Gasteiger partial charge in [0.25, 0.3) is 11.5 Å². The Morgan fingerprint density at radius 3 is 2.47 bits per heavy atom. The summed E-state index contributed by atoms with van der Waals surface area (Å²) in [4.78, 5) is 20.1. The van der Waals surface area contributed by atoms with Crippen molar-refractivity contribution in [1.82, 2.24) is 9.78 Å². The maximum Gasteiger partial charge on any atom is 0.300 e. The van der Waals surface area contributed by atoms with E-state index in [1.165, 1.54) is 0 Å². The fourth-order valence-electron chi connectivity index (χ4n) is 1.05. The first-order valence-electron chi connectivity index (χ1n) is 4.93. The molecular formula is C10H18N2O3. The van der Waals surface area contributed by atoms with Gasteiger partial charge in [-0.3, -0.25) is 14.3 Å². The van der Waals surface area contributed by atoms with Gasteiger partial charge in [-0.05, 0) is 13.3 Å². The molecule has 0 amide bonds. The molecule has 0 saturated heterocycles. The molecule has 0 aromatic carbocycles. The number of hydrogen-bond donors (Lipinski definition) is 2. The molecule has 1 heterocycles. The predicted molar refractivity (Wildman–Crippen MR) is 58.0 cm³/mol. The van der Waals surface area contributed by atoms with E-state index in [0.717, 1.165) is 32.0 Å². The highest BCUT2D eigenvalue weighted by molar-refractivity contribution is 5.62. The molecule has 0 spiro atoms. The fraction of sp³-hybridized carbons (Fsp3) is 0.600. The molecule has 0 aliphatic heterocycles. The Hall–Kier alpha value is -1.52. The summed E-state index contributed by atoms with van der Waals surface area (Å²) >= 11 is 0. The molecule has 1 rings (SSSR count). The highest BCUT2D eigenvalue weighted by Crippen LogP contribution is 1.91. The van der Waals surface area contributed by atoms with Crippen molar-refractivity contribution < 1.29 is 9.90 Å². The quantitative estimate of drug-likeness (QED) is 0.798.